The van der Waals surface area contributed by atoms with Gasteiger partial charge in [-0.1, -0.05) is 13.8 Å². The van der Waals surface area contributed by atoms with Gasteiger partial charge in [0, 0.05) is 25.9 Å². The third kappa shape index (κ3) is 5.40. The molecule has 0 aliphatic carbocycles. The molecule has 3 N–H and O–H groups in total. The van der Waals surface area contributed by atoms with Crippen LogP contribution in [0.2, 0.25) is 0 Å². The van der Waals surface area contributed by atoms with Crippen molar-refractivity contribution in [1.82, 2.24) is 10.6 Å². The first kappa shape index (κ1) is 16.2. The smallest absolute Gasteiger partial charge is 0.261 e. The van der Waals surface area contributed by atoms with Crippen LogP contribution in [0.5, 0.6) is 0 Å². The van der Waals surface area contributed by atoms with Gasteiger partial charge in [0.25, 0.3) is 5.91 Å². The summed E-state index contributed by atoms with van der Waals surface area (Å²) in [4.78, 5) is 34.5. The van der Waals surface area contributed by atoms with Crippen LogP contribution in [0.1, 0.15) is 30.4 Å². The molecule has 0 fully saturated rings. The number of rotatable bonds is 6. The lowest BCUT2D eigenvalue weighted by Crippen LogP contribution is -2.36. The van der Waals surface area contributed by atoms with Gasteiger partial charge < -0.3 is 16.0 Å². The highest BCUT2D eigenvalue weighted by Gasteiger charge is 2.10. The second-order valence-corrected chi connectivity index (χ2v) is 5.63. The third-order valence-corrected chi connectivity index (χ3v) is 3.36. The zero-order valence-electron chi connectivity index (χ0n) is 11.8. The van der Waals surface area contributed by atoms with Gasteiger partial charge in [-0.3, -0.25) is 14.4 Å². The standard InChI is InChI=1S/C13H19N3O3S/c1-8(2)12(18)14-6-7-15-13(19)10-4-5-11(20-10)16-9(3)17/h4-5,8H,6-7H2,1-3H3,(H,14,18)(H,15,19)(H,16,17). The Morgan fingerprint density at radius 3 is 2.40 bits per heavy atom. The Morgan fingerprint density at radius 1 is 1.15 bits per heavy atom. The minimum absolute atomic E-state index is 0.0386. The van der Waals surface area contributed by atoms with Crippen LogP contribution in [0.3, 0.4) is 0 Å². The van der Waals surface area contributed by atoms with E-state index in [2.05, 4.69) is 16.0 Å². The average Bonchev–Trinajstić information content (AvgIpc) is 2.81. The second kappa shape index (κ2) is 7.64. The van der Waals surface area contributed by atoms with Crippen molar-refractivity contribution in [2.75, 3.05) is 18.4 Å². The number of anilines is 1. The molecule has 0 aromatic carbocycles. The van der Waals surface area contributed by atoms with Crippen LogP contribution in [-0.4, -0.2) is 30.8 Å². The van der Waals surface area contributed by atoms with Crippen molar-refractivity contribution in [3.05, 3.63) is 17.0 Å². The molecule has 1 rings (SSSR count). The Labute approximate surface area is 121 Å². The summed E-state index contributed by atoms with van der Waals surface area (Å²) in [6.45, 7) is 5.79. The summed E-state index contributed by atoms with van der Waals surface area (Å²) in [5.41, 5.74) is 0. The number of amides is 3. The molecule has 0 saturated heterocycles. The van der Waals surface area contributed by atoms with E-state index in [1.54, 1.807) is 12.1 Å². The summed E-state index contributed by atoms with van der Waals surface area (Å²) >= 11 is 1.21. The van der Waals surface area contributed by atoms with Crippen LogP contribution >= 0.6 is 11.3 Å². The van der Waals surface area contributed by atoms with Gasteiger partial charge in [0.2, 0.25) is 11.8 Å². The van der Waals surface area contributed by atoms with Gasteiger partial charge in [0.1, 0.15) is 0 Å². The number of hydrogen-bond donors (Lipinski definition) is 3. The van der Waals surface area contributed by atoms with E-state index in [-0.39, 0.29) is 23.6 Å². The van der Waals surface area contributed by atoms with E-state index < -0.39 is 0 Å². The first-order valence-electron chi connectivity index (χ1n) is 6.33. The summed E-state index contributed by atoms with van der Waals surface area (Å²) < 4.78 is 0. The number of thiophene rings is 1. The second-order valence-electron chi connectivity index (χ2n) is 4.55. The Morgan fingerprint density at radius 2 is 1.80 bits per heavy atom. The van der Waals surface area contributed by atoms with E-state index in [0.29, 0.717) is 23.0 Å². The highest BCUT2D eigenvalue weighted by Crippen LogP contribution is 2.21. The Bertz CT molecular complexity index is 497. The number of nitrogens with one attached hydrogen (secondary N) is 3. The SMILES string of the molecule is CC(=O)Nc1ccc(C(=O)NCCNC(=O)C(C)C)s1. The molecule has 0 atom stereocenters. The fraction of sp³-hybridized carbons (Fsp3) is 0.462. The molecule has 0 bridgehead atoms. The Balaban J connectivity index is 2.34. The molecule has 3 amide bonds. The predicted octanol–water partition coefficient (Wildman–Crippen LogP) is 1.21. The normalized spacial score (nSPS) is 10.2. The summed E-state index contributed by atoms with van der Waals surface area (Å²) in [6.07, 6.45) is 0. The molecule has 1 aromatic rings. The molecule has 0 spiro atoms. The van der Waals surface area contributed by atoms with Crippen molar-refractivity contribution in [2.24, 2.45) is 5.92 Å². The van der Waals surface area contributed by atoms with Crippen molar-refractivity contribution >= 4 is 34.1 Å². The molecular formula is C13H19N3O3S. The highest BCUT2D eigenvalue weighted by molar-refractivity contribution is 7.18. The maximum atomic E-state index is 11.8. The fourth-order valence-electron chi connectivity index (χ4n) is 1.35. The maximum absolute atomic E-state index is 11.8. The molecular weight excluding hydrogens is 278 g/mol. The lowest BCUT2D eigenvalue weighted by Gasteiger charge is -2.08. The largest absolute Gasteiger partial charge is 0.354 e. The van der Waals surface area contributed by atoms with Gasteiger partial charge in [0.05, 0.1) is 9.88 Å². The molecule has 0 aliphatic heterocycles. The molecule has 1 heterocycles. The van der Waals surface area contributed by atoms with Gasteiger partial charge in [-0.15, -0.1) is 11.3 Å². The quantitative estimate of drug-likeness (QED) is 0.690. The van der Waals surface area contributed by atoms with Gasteiger partial charge in [-0.05, 0) is 12.1 Å². The molecule has 0 unspecified atom stereocenters. The molecule has 0 saturated carbocycles. The van der Waals surface area contributed by atoms with Gasteiger partial charge >= 0.3 is 0 Å². The number of carbonyl (C=O) groups excluding carboxylic acids is 3. The Kier molecular flexibility index (Phi) is 6.17. The molecule has 0 aliphatic rings. The topological polar surface area (TPSA) is 87.3 Å². The third-order valence-electron chi connectivity index (χ3n) is 2.36. The van der Waals surface area contributed by atoms with Gasteiger partial charge in [-0.25, -0.2) is 0 Å². The van der Waals surface area contributed by atoms with Crippen LogP contribution in [0.25, 0.3) is 0 Å². The maximum Gasteiger partial charge on any atom is 0.261 e. The predicted molar refractivity (Wildman–Crippen MR) is 78.8 cm³/mol. The zero-order valence-corrected chi connectivity index (χ0v) is 12.6. The summed E-state index contributed by atoms with van der Waals surface area (Å²) in [5.74, 6) is -0.493. The highest BCUT2D eigenvalue weighted by atomic mass is 32.1. The molecule has 6 nitrogen and oxygen atoms in total. The summed E-state index contributed by atoms with van der Waals surface area (Å²) in [7, 11) is 0. The van der Waals surface area contributed by atoms with E-state index in [4.69, 9.17) is 0 Å². The van der Waals surface area contributed by atoms with Crippen molar-refractivity contribution in [1.29, 1.82) is 0 Å². The van der Waals surface area contributed by atoms with Crippen molar-refractivity contribution < 1.29 is 14.4 Å². The zero-order chi connectivity index (χ0) is 15.1. The van der Waals surface area contributed by atoms with Crippen LogP contribution in [0, 0.1) is 5.92 Å². The van der Waals surface area contributed by atoms with E-state index in [9.17, 15) is 14.4 Å². The van der Waals surface area contributed by atoms with Crippen LogP contribution in [0.15, 0.2) is 12.1 Å². The van der Waals surface area contributed by atoms with Crippen molar-refractivity contribution in [3.63, 3.8) is 0 Å². The lowest BCUT2D eigenvalue weighted by atomic mass is 10.2. The van der Waals surface area contributed by atoms with Gasteiger partial charge in [-0.2, -0.15) is 0 Å². The average molecular weight is 297 g/mol. The first-order chi connectivity index (χ1) is 9.40. The number of carbonyl (C=O) groups is 3. The molecule has 110 valence electrons. The lowest BCUT2D eigenvalue weighted by molar-refractivity contribution is -0.124. The minimum atomic E-state index is -0.217. The summed E-state index contributed by atoms with van der Waals surface area (Å²) in [5, 5.41) is 8.67. The van der Waals surface area contributed by atoms with Crippen molar-refractivity contribution in [2.45, 2.75) is 20.8 Å². The first-order valence-corrected chi connectivity index (χ1v) is 7.15. The molecule has 7 heteroatoms. The molecule has 0 radical (unpaired) electrons. The summed E-state index contributed by atoms with van der Waals surface area (Å²) in [6, 6.07) is 3.33. The van der Waals surface area contributed by atoms with Gasteiger partial charge in [0.15, 0.2) is 0 Å². The Hall–Kier alpha value is -1.89. The number of hydrogen-bond acceptors (Lipinski definition) is 4. The fourth-order valence-corrected chi connectivity index (χ4v) is 2.22. The van der Waals surface area contributed by atoms with Crippen LogP contribution < -0.4 is 16.0 Å². The van der Waals surface area contributed by atoms with E-state index in [1.807, 2.05) is 13.8 Å². The minimum Gasteiger partial charge on any atom is -0.354 e. The van der Waals surface area contributed by atoms with E-state index >= 15 is 0 Å². The van der Waals surface area contributed by atoms with Crippen LogP contribution in [-0.2, 0) is 9.59 Å². The molecule has 1 aromatic heterocycles. The van der Waals surface area contributed by atoms with Crippen LogP contribution in [0.4, 0.5) is 5.00 Å². The van der Waals surface area contributed by atoms with E-state index in [0.717, 1.165) is 0 Å². The molecule has 20 heavy (non-hydrogen) atoms. The monoisotopic (exact) mass is 297 g/mol. The van der Waals surface area contributed by atoms with Crippen molar-refractivity contribution in [3.8, 4) is 0 Å². The van der Waals surface area contributed by atoms with E-state index in [1.165, 1.54) is 18.3 Å².